The molecule has 4 nitrogen and oxygen atoms in total. The first-order chi connectivity index (χ1) is 14.2. The molecule has 0 unspecified atom stereocenters. The summed E-state index contributed by atoms with van der Waals surface area (Å²) in [6, 6.07) is 6.97. The maximum absolute atomic E-state index is 10.8. The molecule has 0 fully saturated rings. The molecule has 2 N–H and O–H groups in total. The van der Waals surface area contributed by atoms with E-state index in [4.69, 9.17) is 5.73 Å². The van der Waals surface area contributed by atoms with E-state index < -0.39 is 0 Å². The van der Waals surface area contributed by atoms with E-state index in [-0.39, 0.29) is 10.6 Å². The van der Waals surface area contributed by atoms with Gasteiger partial charge in [-0.25, -0.2) is 0 Å². The lowest BCUT2D eigenvalue weighted by Gasteiger charge is -2.03. The predicted octanol–water partition coefficient (Wildman–Crippen LogP) is 7.58. The molecular weight excluding hydrogens is 380 g/mol. The van der Waals surface area contributed by atoms with Gasteiger partial charge >= 0.3 is 0 Å². The molecule has 1 radical (unpaired) electrons. The smallest absolute Gasteiger partial charge is 0.269 e. The van der Waals surface area contributed by atoms with Crippen LogP contribution in [0.4, 0.5) is 5.69 Å². The highest BCUT2D eigenvalue weighted by atomic mass is 32.2. The Hall–Kier alpha value is -1.33. The number of benzene rings is 1. The van der Waals surface area contributed by atoms with Crippen LogP contribution < -0.4 is 5.73 Å². The monoisotopic (exact) mass is 419 g/mol. The van der Waals surface area contributed by atoms with E-state index in [2.05, 4.69) is 12.2 Å². The zero-order chi connectivity index (χ0) is 21.0. The molecule has 0 saturated heterocycles. The van der Waals surface area contributed by atoms with Gasteiger partial charge in [0.05, 0.1) is 4.92 Å². The maximum Gasteiger partial charge on any atom is 0.269 e. The quantitative estimate of drug-likeness (QED) is 0.109. The lowest BCUT2D eigenvalue weighted by Crippen LogP contribution is -1.90. The van der Waals surface area contributed by atoms with Crippen LogP contribution in [0.3, 0.4) is 0 Å². The summed E-state index contributed by atoms with van der Waals surface area (Å²) in [7, 11) is 0. The molecule has 1 aromatic rings. The van der Waals surface area contributed by atoms with Crippen LogP contribution in [0.5, 0.6) is 0 Å². The van der Waals surface area contributed by atoms with Gasteiger partial charge in [-0.05, 0) is 49.8 Å². The van der Waals surface area contributed by atoms with Crippen molar-refractivity contribution in [3.05, 3.63) is 58.6 Å². The van der Waals surface area contributed by atoms with Crippen LogP contribution in [-0.4, -0.2) is 10.7 Å². The fourth-order valence-corrected chi connectivity index (χ4v) is 4.20. The van der Waals surface area contributed by atoms with Crippen LogP contribution in [0.1, 0.15) is 89.0 Å². The lowest BCUT2D eigenvalue weighted by molar-refractivity contribution is -0.384. The van der Waals surface area contributed by atoms with Crippen molar-refractivity contribution < 1.29 is 4.92 Å². The van der Waals surface area contributed by atoms with Gasteiger partial charge < -0.3 is 5.73 Å². The van der Waals surface area contributed by atoms with Gasteiger partial charge in [-0.1, -0.05) is 69.2 Å². The van der Waals surface area contributed by atoms with Crippen LogP contribution in [0.15, 0.2) is 36.4 Å². The minimum Gasteiger partial charge on any atom is -0.326 e. The Labute approximate surface area is 181 Å². The molecule has 0 amide bonds. The van der Waals surface area contributed by atoms with Gasteiger partial charge in [0.25, 0.3) is 5.69 Å². The van der Waals surface area contributed by atoms with Crippen molar-refractivity contribution in [1.82, 2.24) is 0 Å². The Morgan fingerprint density at radius 3 is 2.07 bits per heavy atom. The highest BCUT2D eigenvalue weighted by molar-refractivity contribution is 7.98. The Morgan fingerprint density at radius 1 is 0.862 bits per heavy atom. The number of nitro groups is 1. The van der Waals surface area contributed by atoms with Crippen molar-refractivity contribution in [2.24, 2.45) is 5.73 Å². The minimum absolute atomic E-state index is 0.190. The summed E-state index contributed by atoms with van der Waals surface area (Å²) in [4.78, 5) is 10.5. The maximum atomic E-state index is 10.8. The van der Waals surface area contributed by atoms with Crippen molar-refractivity contribution >= 4 is 17.4 Å². The number of allylic oxidation sites excluding steroid dienone is 2. The summed E-state index contributed by atoms with van der Waals surface area (Å²) in [6.45, 7) is 1.77. The van der Waals surface area contributed by atoms with Crippen molar-refractivity contribution in [2.75, 3.05) is 5.75 Å². The number of hydrogen-bond donors (Lipinski definition) is 1. The van der Waals surface area contributed by atoms with Gasteiger partial charge in [-0.2, -0.15) is 11.8 Å². The van der Waals surface area contributed by atoms with Gasteiger partial charge in [0, 0.05) is 24.4 Å². The molecule has 0 aliphatic carbocycles. The first kappa shape index (κ1) is 25.7. The van der Waals surface area contributed by atoms with Crippen molar-refractivity contribution in [2.45, 2.75) is 89.2 Å². The molecule has 1 aromatic carbocycles. The minimum atomic E-state index is -0.324. The molecule has 0 aliphatic rings. The second-order valence-corrected chi connectivity index (χ2v) is 8.69. The molecule has 5 heteroatoms. The van der Waals surface area contributed by atoms with Crippen LogP contribution in [-0.2, 0) is 5.75 Å². The Kier molecular flexibility index (Phi) is 16.6. The molecule has 29 heavy (non-hydrogen) atoms. The number of nitrogens with zero attached hydrogens (tertiary/aromatic N) is 1. The Morgan fingerprint density at radius 2 is 1.45 bits per heavy atom. The number of rotatable bonds is 19. The van der Waals surface area contributed by atoms with E-state index >= 15 is 0 Å². The molecule has 1 rings (SSSR count). The Balaban J connectivity index is 1.84. The molecule has 0 saturated carbocycles. The number of thioether (sulfide) groups is 1. The predicted molar refractivity (Wildman–Crippen MR) is 127 cm³/mol. The molecule has 0 bridgehead atoms. The number of nitro benzene ring substituents is 1. The fourth-order valence-electron chi connectivity index (χ4n) is 3.24. The average molecular weight is 420 g/mol. The van der Waals surface area contributed by atoms with Crippen molar-refractivity contribution in [3.8, 4) is 0 Å². The topological polar surface area (TPSA) is 69.2 Å². The molecule has 0 heterocycles. The number of unbranched alkanes of at least 4 members (excludes halogenated alkanes) is 11. The third kappa shape index (κ3) is 15.2. The first-order valence-corrected chi connectivity index (χ1v) is 12.4. The summed E-state index contributed by atoms with van der Waals surface area (Å²) < 4.78 is 0. The molecule has 0 spiro atoms. The molecule has 0 atom stereocenters. The summed E-state index contributed by atoms with van der Waals surface area (Å²) in [5.41, 5.74) is 6.61. The number of hydrogen-bond acceptors (Lipinski definition) is 4. The standard InChI is InChI=1S/C24H39N2O2S/c25-19-14-12-10-8-6-4-2-1-3-5-7-9-11-13-15-20-29-22-23-17-16-18-24(21-23)26(27)28/h1-2,16-19,21H,3-15,20,22,25H2/b2-1-. The van der Waals surface area contributed by atoms with Crippen molar-refractivity contribution in [1.29, 1.82) is 0 Å². The van der Waals surface area contributed by atoms with E-state index in [1.807, 2.05) is 17.8 Å². The van der Waals surface area contributed by atoms with Crippen molar-refractivity contribution in [3.63, 3.8) is 0 Å². The molecule has 0 aliphatic heterocycles. The normalized spacial score (nSPS) is 11.3. The second-order valence-electron chi connectivity index (χ2n) is 7.59. The van der Waals surface area contributed by atoms with Gasteiger partial charge in [-0.3, -0.25) is 10.1 Å². The van der Waals surface area contributed by atoms with Gasteiger partial charge in [0.1, 0.15) is 0 Å². The average Bonchev–Trinajstić information content (AvgIpc) is 2.73. The van der Waals surface area contributed by atoms with Gasteiger partial charge in [-0.15, -0.1) is 0 Å². The number of non-ortho nitro benzene ring substituents is 1. The van der Waals surface area contributed by atoms with Crippen LogP contribution in [0.2, 0.25) is 0 Å². The molecule has 163 valence electrons. The van der Waals surface area contributed by atoms with Crippen LogP contribution >= 0.6 is 11.8 Å². The van der Waals surface area contributed by atoms with E-state index in [0.717, 1.165) is 23.5 Å². The lowest BCUT2D eigenvalue weighted by atomic mass is 10.1. The summed E-state index contributed by atoms with van der Waals surface area (Å²) in [5, 5.41) is 10.8. The first-order valence-electron chi connectivity index (χ1n) is 11.2. The molecule has 0 aromatic heterocycles. The third-order valence-corrected chi connectivity index (χ3v) is 6.07. The second kappa shape index (κ2) is 18.7. The summed E-state index contributed by atoms with van der Waals surface area (Å²) >= 11 is 1.87. The zero-order valence-corrected chi connectivity index (χ0v) is 18.7. The van der Waals surface area contributed by atoms with Gasteiger partial charge in [0.2, 0.25) is 0 Å². The van der Waals surface area contributed by atoms with Crippen LogP contribution in [0.25, 0.3) is 0 Å². The van der Waals surface area contributed by atoms with Gasteiger partial charge in [0.15, 0.2) is 0 Å². The van der Waals surface area contributed by atoms with E-state index in [1.165, 1.54) is 77.0 Å². The highest BCUT2D eigenvalue weighted by Gasteiger charge is 2.05. The van der Waals surface area contributed by atoms with E-state index in [9.17, 15) is 10.1 Å². The fraction of sp³-hybridized carbons (Fsp3) is 0.625. The number of nitrogens with two attached hydrogens (primary N) is 1. The van der Waals surface area contributed by atoms with E-state index in [1.54, 1.807) is 24.7 Å². The van der Waals surface area contributed by atoms with Crippen LogP contribution in [0, 0.1) is 16.7 Å². The summed E-state index contributed by atoms with van der Waals surface area (Å²) in [6.07, 6.45) is 21.2. The SMILES string of the molecule is N[CH]CCCCCC/C=C\CCCCCCCCSCc1cccc([N+](=O)[O-])c1. The van der Waals surface area contributed by atoms with E-state index in [0.29, 0.717) is 0 Å². The Bertz CT molecular complexity index is 564. The molecular formula is C24H39N2O2S. The third-order valence-electron chi connectivity index (χ3n) is 4.96. The largest absolute Gasteiger partial charge is 0.326 e. The zero-order valence-electron chi connectivity index (χ0n) is 17.9. The summed E-state index contributed by atoms with van der Waals surface area (Å²) in [5.74, 6) is 2.00. The highest BCUT2D eigenvalue weighted by Crippen LogP contribution is 2.19.